The number of aliphatic hydroxyl groups is 2. The van der Waals surface area contributed by atoms with Crippen molar-refractivity contribution >= 4 is 23.5 Å². The van der Waals surface area contributed by atoms with Crippen LogP contribution in [-0.4, -0.2) is 57.1 Å². The van der Waals surface area contributed by atoms with Gasteiger partial charge < -0.3 is 20.1 Å². The third kappa shape index (κ3) is 18.2. The molecule has 0 spiro atoms. The van der Waals surface area contributed by atoms with Crippen molar-refractivity contribution in [3.8, 4) is 0 Å². The van der Waals surface area contributed by atoms with Gasteiger partial charge in [-0.1, -0.05) is 96.8 Å². The van der Waals surface area contributed by atoms with E-state index in [4.69, 9.17) is 10.2 Å². The smallest absolute Gasteiger partial charge is 0.304 e. The Kier molecular flexibility index (Phi) is 22.9. The third-order valence-electron chi connectivity index (χ3n) is 5.99. The molecule has 1 atom stereocenters. The molecule has 8 heteroatoms. The van der Waals surface area contributed by atoms with E-state index in [9.17, 15) is 24.3 Å². The van der Waals surface area contributed by atoms with Crippen LogP contribution in [0.5, 0.6) is 0 Å². The monoisotopic (exact) mass is 502 g/mol. The molecule has 0 saturated carbocycles. The van der Waals surface area contributed by atoms with Gasteiger partial charge in [-0.3, -0.25) is 19.2 Å². The molecule has 0 saturated heterocycles. The number of unbranched alkanes of at least 4 members (excludes halogenated alkanes) is 14. The SMILES string of the molecule is CC(=O)OC(C(C)=O)(C(C)=O)C(O)CO.CCCCCCCCCCCCCCCCCC(=O)O. The zero-order valence-corrected chi connectivity index (χ0v) is 22.5. The van der Waals surface area contributed by atoms with Gasteiger partial charge in [-0.05, 0) is 20.3 Å². The predicted molar refractivity (Wildman–Crippen MR) is 136 cm³/mol. The first-order chi connectivity index (χ1) is 16.6. The maximum atomic E-state index is 11.3. The number of Topliss-reactive ketones (excluding diaryl/α,β-unsaturated/α-hetero) is 2. The second-order valence-corrected chi connectivity index (χ2v) is 9.23. The van der Waals surface area contributed by atoms with E-state index in [0.29, 0.717) is 6.42 Å². The molecule has 0 radical (unpaired) electrons. The Balaban J connectivity index is 0. The first kappa shape index (κ1) is 35.4. The number of ketones is 2. The van der Waals surface area contributed by atoms with E-state index < -0.39 is 41.8 Å². The maximum absolute atomic E-state index is 11.3. The molecule has 0 heterocycles. The molecular weight excluding hydrogens is 452 g/mol. The predicted octanol–water partition coefficient (Wildman–Crippen LogP) is 5.15. The number of hydrogen-bond acceptors (Lipinski definition) is 7. The highest BCUT2D eigenvalue weighted by Crippen LogP contribution is 2.20. The lowest BCUT2D eigenvalue weighted by atomic mass is 9.88. The van der Waals surface area contributed by atoms with Gasteiger partial charge in [0.25, 0.3) is 5.60 Å². The van der Waals surface area contributed by atoms with Gasteiger partial charge >= 0.3 is 11.9 Å². The van der Waals surface area contributed by atoms with Crippen LogP contribution in [0.3, 0.4) is 0 Å². The standard InChI is InChI=1S/C18H36O2.C9H14O6/c1-2-3-4-5-6-7-8-9-10-11-12-13-14-15-16-17-18(19)20;1-5(11)9(6(2)12,8(14)4-10)15-7(3)13/h2-17H2,1H3,(H,19,20);8,10,14H,4H2,1-3H3. The van der Waals surface area contributed by atoms with Gasteiger partial charge in [-0.15, -0.1) is 0 Å². The lowest BCUT2D eigenvalue weighted by molar-refractivity contribution is -0.184. The van der Waals surface area contributed by atoms with Gasteiger partial charge in [0.1, 0.15) is 6.10 Å². The summed E-state index contributed by atoms with van der Waals surface area (Å²) in [5.74, 6) is -3.19. The lowest BCUT2D eigenvalue weighted by Gasteiger charge is -2.31. The number of carbonyl (C=O) groups is 4. The average molecular weight is 503 g/mol. The van der Waals surface area contributed by atoms with E-state index in [-0.39, 0.29) is 0 Å². The number of ether oxygens (including phenoxy) is 1. The Hall–Kier alpha value is -1.80. The Morgan fingerprint density at radius 3 is 1.29 bits per heavy atom. The number of esters is 1. The first-order valence-corrected chi connectivity index (χ1v) is 13.3. The second kappa shape index (κ2) is 22.7. The first-order valence-electron chi connectivity index (χ1n) is 13.3. The van der Waals surface area contributed by atoms with Crippen molar-refractivity contribution in [2.24, 2.45) is 0 Å². The van der Waals surface area contributed by atoms with Crippen molar-refractivity contribution < 1.29 is 39.2 Å². The summed E-state index contributed by atoms with van der Waals surface area (Å²) in [6.07, 6.45) is 18.4. The van der Waals surface area contributed by atoms with E-state index >= 15 is 0 Å². The summed E-state index contributed by atoms with van der Waals surface area (Å²) in [5.41, 5.74) is -2.29. The quantitative estimate of drug-likeness (QED) is 0.111. The van der Waals surface area contributed by atoms with Crippen LogP contribution in [0.2, 0.25) is 0 Å². The summed E-state index contributed by atoms with van der Waals surface area (Å²) in [5, 5.41) is 26.6. The van der Waals surface area contributed by atoms with Crippen LogP contribution in [0.25, 0.3) is 0 Å². The van der Waals surface area contributed by atoms with Crippen LogP contribution in [0.15, 0.2) is 0 Å². The summed E-state index contributed by atoms with van der Waals surface area (Å²) in [6, 6.07) is 0. The minimum atomic E-state index is -2.29. The summed E-state index contributed by atoms with van der Waals surface area (Å²) in [6.45, 7) is 4.43. The highest BCUT2D eigenvalue weighted by Gasteiger charge is 2.50. The van der Waals surface area contributed by atoms with Crippen molar-refractivity contribution in [1.29, 1.82) is 0 Å². The normalized spacial score (nSPS) is 11.8. The van der Waals surface area contributed by atoms with Crippen molar-refractivity contribution in [3.63, 3.8) is 0 Å². The molecule has 0 bridgehead atoms. The van der Waals surface area contributed by atoms with E-state index in [2.05, 4.69) is 11.7 Å². The summed E-state index contributed by atoms with van der Waals surface area (Å²) in [4.78, 5) is 43.7. The van der Waals surface area contributed by atoms with Gasteiger partial charge in [-0.25, -0.2) is 0 Å². The van der Waals surface area contributed by atoms with Crippen molar-refractivity contribution in [2.75, 3.05) is 6.61 Å². The summed E-state index contributed by atoms with van der Waals surface area (Å²) >= 11 is 0. The molecule has 0 aromatic carbocycles. The molecule has 1 unspecified atom stereocenters. The fourth-order valence-electron chi connectivity index (χ4n) is 3.93. The topological polar surface area (TPSA) is 138 Å². The van der Waals surface area contributed by atoms with Crippen LogP contribution in [-0.2, 0) is 23.9 Å². The molecule has 0 aromatic rings. The van der Waals surface area contributed by atoms with Crippen LogP contribution in [0, 0.1) is 0 Å². The van der Waals surface area contributed by atoms with E-state index in [0.717, 1.165) is 33.6 Å². The van der Waals surface area contributed by atoms with Gasteiger partial charge in [-0.2, -0.15) is 0 Å². The van der Waals surface area contributed by atoms with Crippen LogP contribution in [0.1, 0.15) is 130 Å². The molecule has 0 fully saturated rings. The van der Waals surface area contributed by atoms with Crippen molar-refractivity contribution in [2.45, 2.75) is 142 Å². The number of aliphatic hydroxyl groups excluding tert-OH is 2. The Bertz CT molecular complexity index is 574. The molecule has 0 aromatic heterocycles. The molecule has 3 N–H and O–H groups in total. The molecule has 0 aliphatic heterocycles. The number of aliphatic carboxylic acids is 1. The fourth-order valence-corrected chi connectivity index (χ4v) is 3.93. The van der Waals surface area contributed by atoms with Gasteiger partial charge in [0, 0.05) is 13.3 Å². The second-order valence-electron chi connectivity index (χ2n) is 9.23. The van der Waals surface area contributed by atoms with E-state index in [1.54, 1.807) is 0 Å². The Labute approximate surface area is 211 Å². The number of carboxylic acids is 1. The molecular formula is C27H50O8. The largest absolute Gasteiger partial charge is 0.481 e. The summed E-state index contributed by atoms with van der Waals surface area (Å²) in [7, 11) is 0. The molecule has 0 rings (SSSR count). The number of rotatable bonds is 21. The molecule has 206 valence electrons. The zero-order valence-electron chi connectivity index (χ0n) is 22.5. The highest BCUT2D eigenvalue weighted by molar-refractivity contribution is 6.10. The van der Waals surface area contributed by atoms with Gasteiger partial charge in [0.05, 0.1) is 6.61 Å². The van der Waals surface area contributed by atoms with Gasteiger partial charge in [0.15, 0.2) is 11.6 Å². The van der Waals surface area contributed by atoms with Crippen LogP contribution < -0.4 is 0 Å². The molecule has 0 aliphatic rings. The average Bonchev–Trinajstić information content (AvgIpc) is 2.79. The lowest BCUT2D eigenvalue weighted by Crippen LogP contribution is -2.58. The van der Waals surface area contributed by atoms with E-state index in [1.165, 1.54) is 83.5 Å². The zero-order chi connectivity index (χ0) is 27.1. The minimum Gasteiger partial charge on any atom is -0.481 e. The van der Waals surface area contributed by atoms with Crippen molar-refractivity contribution in [1.82, 2.24) is 0 Å². The van der Waals surface area contributed by atoms with Crippen LogP contribution in [0.4, 0.5) is 0 Å². The maximum Gasteiger partial charge on any atom is 0.304 e. The third-order valence-corrected chi connectivity index (χ3v) is 5.99. The number of carbonyl (C=O) groups excluding carboxylic acids is 3. The molecule has 0 aliphatic carbocycles. The van der Waals surface area contributed by atoms with Gasteiger partial charge in [0.2, 0.25) is 0 Å². The minimum absolute atomic E-state index is 0.345. The van der Waals surface area contributed by atoms with Crippen molar-refractivity contribution in [3.05, 3.63) is 0 Å². The van der Waals surface area contributed by atoms with Crippen LogP contribution >= 0.6 is 0 Å². The molecule has 35 heavy (non-hydrogen) atoms. The number of carboxylic acid groups (broad SMARTS) is 1. The highest BCUT2D eigenvalue weighted by atomic mass is 16.6. The number of hydrogen-bond donors (Lipinski definition) is 3. The Morgan fingerprint density at radius 2 is 1.03 bits per heavy atom. The molecule has 0 amide bonds. The Morgan fingerprint density at radius 1 is 0.686 bits per heavy atom. The van der Waals surface area contributed by atoms with E-state index in [1.807, 2.05) is 0 Å². The summed E-state index contributed by atoms with van der Waals surface area (Å²) < 4.78 is 4.57. The molecule has 8 nitrogen and oxygen atoms in total. The fraction of sp³-hybridized carbons (Fsp3) is 0.852.